The molecule has 0 amide bonds. The standard InChI is InChI=1S/C26H34Cl2FNO6/c1-15-4-6-19-16(2)23(33-24-26(19)18(15)8-9-25(3,34-24)35-36-26)32-22(31)17-5-7-21(20(29)14-17)30(12-10-27)13-11-28/h5,7,14-16,18-19,23-24H,4,6,8-13H2,1-3H3/t15-,16-,18+,19+,23?,24-,25-,26-/m1/s1. The van der Waals surface area contributed by atoms with E-state index in [0.717, 1.165) is 19.3 Å². The monoisotopic (exact) mass is 545 g/mol. The first-order valence-electron chi connectivity index (χ1n) is 12.8. The van der Waals surface area contributed by atoms with Crippen molar-refractivity contribution in [2.75, 3.05) is 29.7 Å². The molecule has 1 unspecified atom stereocenters. The van der Waals surface area contributed by atoms with Gasteiger partial charge in [-0.3, -0.25) is 0 Å². The second-order valence-electron chi connectivity index (χ2n) is 10.7. The van der Waals surface area contributed by atoms with E-state index in [2.05, 4.69) is 6.92 Å². The normalized spacial score (nSPS) is 39.3. The number of hydrogen-bond acceptors (Lipinski definition) is 7. The van der Waals surface area contributed by atoms with E-state index < -0.39 is 35.8 Å². The molecule has 7 nitrogen and oxygen atoms in total. The van der Waals surface area contributed by atoms with Crippen LogP contribution in [0.1, 0.15) is 56.8 Å². The lowest BCUT2D eigenvalue weighted by Crippen LogP contribution is -2.70. The fourth-order valence-corrected chi connectivity index (χ4v) is 7.04. The molecule has 4 saturated heterocycles. The molecule has 8 atom stereocenters. The summed E-state index contributed by atoms with van der Waals surface area (Å²) in [6, 6.07) is 4.28. The van der Waals surface area contributed by atoms with Crippen LogP contribution in [0.4, 0.5) is 10.1 Å². The summed E-state index contributed by atoms with van der Waals surface area (Å²) in [5.41, 5.74) is -0.292. The number of rotatable bonds is 7. The van der Waals surface area contributed by atoms with Crippen LogP contribution in [0.3, 0.4) is 0 Å². The number of halogens is 3. The third-order valence-corrected chi connectivity index (χ3v) is 8.89. The maximum atomic E-state index is 15.0. The lowest BCUT2D eigenvalue weighted by molar-refractivity contribution is -0.576. The van der Waals surface area contributed by atoms with Crippen molar-refractivity contribution in [2.24, 2.45) is 23.7 Å². The first-order chi connectivity index (χ1) is 17.2. The van der Waals surface area contributed by atoms with Crippen molar-refractivity contribution in [2.45, 2.75) is 70.4 Å². The van der Waals surface area contributed by atoms with E-state index in [4.69, 9.17) is 47.2 Å². The second-order valence-corrected chi connectivity index (χ2v) is 11.5. The zero-order chi connectivity index (χ0) is 25.7. The molecule has 10 heteroatoms. The van der Waals surface area contributed by atoms with Gasteiger partial charge in [0.15, 0.2) is 11.9 Å². The van der Waals surface area contributed by atoms with Crippen molar-refractivity contribution in [3.63, 3.8) is 0 Å². The predicted molar refractivity (Wildman–Crippen MR) is 132 cm³/mol. The maximum absolute atomic E-state index is 15.0. The van der Waals surface area contributed by atoms with Crippen LogP contribution in [-0.4, -0.2) is 54.8 Å². The van der Waals surface area contributed by atoms with E-state index in [1.807, 2.05) is 13.8 Å². The van der Waals surface area contributed by atoms with Gasteiger partial charge in [0.1, 0.15) is 5.82 Å². The average molecular weight is 546 g/mol. The van der Waals surface area contributed by atoms with Gasteiger partial charge in [-0.05, 0) is 56.2 Å². The predicted octanol–water partition coefficient (Wildman–Crippen LogP) is 5.47. The third kappa shape index (κ3) is 4.41. The number of hydrogen-bond donors (Lipinski definition) is 0. The minimum absolute atomic E-state index is 0.0247. The Labute approximate surface area is 221 Å². The molecule has 4 heterocycles. The summed E-state index contributed by atoms with van der Waals surface area (Å²) in [5, 5.41) is 0. The van der Waals surface area contributed by atoms with Crippen LogP contribution in [-0.2, 0) is 24.0 Å². The van der Waals surface area contributed by atoms with Gasteiger partial charge in [0.05, 0.1) is 11.3 Å². The van der Waals surface area contributed by atoms with E-state index in [1.54, 1.807) is 17.0 Å². The highest BCUT2D eigenvalue weighted by Crippen LogP contribution is 2.60. The number of fused-ring (bicyclic) bond motifs is 2. The minimum Gasteiger partial charge on any atom is -0.432 e. The zero-order valence-corrected chi connectivity index (χ0v) is 22.4. The van der Waals surface area contributed by atoms with Gasteiger partial charge in [-0.1, -0.05) is 13.8 Å². The highest BCUT2D eigenvalue weighted by atomic mass is 35.5. The third-order valence-electron chi connectivity index (χ3n) is 8.55. The molecule has 1 spiro atoms. The molecular weight excluding hydrogens is 512 g/mol. The molecule has 1 aromatic rings. The SMILES string of the molecule is C[C@@H]1CC[C@H]2[C@@H](C)C(OC(=O)c3ccc(N(CCCl)CCCl)c(F)c3)O[C@@H]3O[C@@]4(C)CC[C@@H]1[C@]32OO4. The Morgan fingerprint density at radius 1 is 1.14 bits per heavy atom. The highest BCUT2D eigenvalue weighted by molar-refractivity contribution is 6.18. The number of anilines is 1. The van der Waals surface area contributed by atoms with Crippen LogP contribution in [0.5, 0.6) is 0 Å². The van der Waals surface area contributed by atoms with Crippen molar-refractivity contribution < 1.29 is 33.2 Å². The maximum Gasteiger partial charge on any atom is 0.340 e. The van der Waals surface area contributed by atoms with Crippen molar-refractivity contribution in [3.8, 4) is 0 Å². The lowest BCUT2D eigenvalue weighted by atomic mass is 9.58. The number of alkyl halides is 2. The summed E-state index contributed by atoms with van der Waals surface area (Å²) in [5.74, 6) is -0.935. The molecule has 200 valence electrons. The van der Waals surface area contributed by atoms with E-state index in [1.165, 1.54) is 6.07 Å². The van der Waals surface area contributed by atoms with Gasteiger partial charge < -0.3 is 19.1 Å². The summed E-state index contributed by atoms with van der Waals surface area (Å²) in [4.78, 5) is 26.8. The number of benzene rings is 1. The van der Waals surface area contributed by atoms with Crippen molar-refractivity contribution >= 4 is 34.9 Å². The summed E-state index contributed by atoms with van der Waals surface area (Å²) in [7, 11) is 0. The molecule has 0 N–H and O–H groups in total. The minimum atomic E-state index is -0.913. The number of carbonyl (C=O) groups is 1. The van der Waals surface area contributed by atoms with Gasteiger partial charge in [0, 0.05) is 43.1 Å². The molecule has 4 aliphatic heterocycles. The summed E-state index contributed by atoms with van der Waals surface area (Å²) in [6.45, 7) is 6.98. The molecule has 6 rings (SSSR count). The van der Waals surface area contributed by atoms with Gasteiger partial charge in [-0.25, -0.2) is 19.0 Å². The topological polar surface area (TPSA) is 66.5 Å². The van der Waals surface area contributed by atoms with Gasteiger partial charge in [-0.15, -0.1) is 23.2 Å². The van der Waals surface area contributed by atoms with Gasteiger partial charge in [-0.2, -0.15) is 0 Å². The fourth-order valence-electron chi connectivity index (χ4n) is 6.63. The Balaban J connectivity index is 1.36. The Bertz CT molecular complexity index is 980. The van der Waals surface area contributed by atoms with E-state index in [9.17, 15) is 9.18 Å². The first kappa shape index (κ1) is 26.4. The lowest BCUT2D eigenvalue weighted by Gasteiger charge is -2.59. The smallest absolute Gasteiger partial charge is 0.340 e. The van der Waals surface area contributed by atoms with Crippen LogP contribution in [0.25, 0.3) is 0 Å². The number of carbonyl (C=O) groups excluding carboxylic acids is 1. The zero-order valence-electron chi connectivity index (χ0n) is 20.9. The molecule has 5 fully saturated rings. The Morgan fingerprint density at radius 2 is 1.89 bits per heavy atom. The van der Waals surface area contributed by atoms with Gasteiger partial charge in [0.25, 0.3) is 0 Å². The van der Waals surface area contributed by atoms with Gasteiger partial charge in [0.2, 0.25) is 12.1 Å². The van der Waals surface area contributed by atoms with Crippen molar-refractivity contribution in [1.82, 2.24) is 0 Å². The molecule has 1 aliphatic carbocycles. The molecule has 0 aromatic heterocycles. The number of ether oxygens (including phenoxy) is 3. The molecule has 0 radical (unpaired) electrons. The van der Waals surface area contributed by atoms with Crippen LogP contribution in [0.15, 0.2) is 18.2 Å². The Morgan fingerprint density at radius 3 is 2.58 bits per heavy atom. The molecular formula is C26H34Cl2FNO6. The van der Waals surface area contributed by atoms with Crippen LogP contribution >= 0.6 is 23.2 Å². The molecule has 36 heavy (non-hydrogen) atoms. The average Bonchev–Trinajstić information content (AvgIpc) is 3.08. The molecule has 1 aromatic carbocycles. The van der Waals surface area contributed by atoms with E-state index in [-0.39, 0.29) is 23.3 Å². The van der Waals surface area contributed by atoms with Crippen molar-refractivity contribution in [3.05, 3.63) is 29.6 Å². The van der Waals surface area contributed by atoms with E-state index in [0.29, 0.717) is 42.9 Å². The largest absolute Gasteiger partial charge is 0.432 e. The second kappa shape index (κ2) is 10.2. The molecule has 2 bridgehead atoms. The van der Waals surface area contributed by atoms with Crippen molar-refractivity contribution in [1.29, 1.82) is 0 Å². The molecule has 1 saturated carbocycles. The van der Waals surface area contributed by atoms with Crippen LogP contribution in [0.2, 0.25) is 0 Å². The number of esters is 1. The number of nitrogens with zero attached hydrogens (tertiary/aromatic N) is 1. The van der Waals surface area contributed by atoms with E-state index >= 15 is 0 Å². The Hall–Kier alpha value is -1.16. The molecule has 5 aliphatic rings. The van der Waals surface area contributed by atoms with Crippen LogP contribution < -0.4 is 4.90 Å². The quantitative estimate of drug-likeness (QED) is 0.255. The summed E-state index contributed by atoms with van der Waals surface area (Å²) >= 11 is 11.7. The Kier molecular flexibility index (Phi) is 7.49. The highest BCUT2D eigenvalue weighted by Gasteiger charge is 2.69. The first-order valence-corrected chi connectivity index (χ1v) is 13.9. The summed E-state index contributed by atoms with van der Waals surface area (Å²) in [6.07, 6.45) is 1.97. The van der Waals surface area contributed by atoms with Gasteiger partial charge >= 0.3 is 5.97 Å². The summed E-state index contributed by atoms with van der Waals surface area (Å²) < 4.78 is 33.4. The van der Waals surface area contributed by atoms with Crippen LogP contribution in [0, 0.1) is 29.5 Å². The fraction of sp³-hybridized carbons (Fsp3) is 0.731.